The van der Waals surface area contributed by atoms with Crippen LogP contribution in [0, 0.1) is 0 Å². The van der Waals surface area contributed by atoms with Gasteiger partial charge in [-0.15, -0.1) is 0 Å². The Bertz CT molecular complexity index is 489. The molecule has 0 saturated carbocycles. The Morgan fingerprint density at radius 1 is 1.47 bits per heavy atom. The summed E-state index contributed by atoms with van der Waals surface area (Å²) in [6.45, 7) is 4.01. The molecule has 0 aliphatic carbocycles. The van der Waals surface area contributed by atoms with Crippen LogP contribution in [0.1, 0.15) is 17.4 Å². The van der Waals surface area contributed by atoms with Gasteiger partial charge in [0.25, 0.3) is 5.91 Å². The molecule has 19 heavy (non-hydrogen) atoms. The summed E-state index contributed by atoms with van der Waals surface area (Å²) >= 11 is 0. The van der Waals surface area contributed by atoms with E-state index in [2.05, 4.69) is 10.3 Å². The summed E-state index contributed by atoms with van der Waals surface area (Å²) in [6, 6.07) is 3.53. The lowest BCUT2D eigenvalue weighted by Gasteiger charge is -2.31. The van der Waals surface area contributed by atoms with Crippen molar-refractivity contribution in [3.05, 3.63) is 24.0 Å². The topological polar surface area (TPSA) is 65.5 Å². The number of pyridine rings is 1. The molecule has 1 saturated heterocycles. The van der Waals surface area contributed by atoms with Crippen LogP contribution in [0.15, 0.2) is 18.3 Å². The second-order valence-electron chi connectivity index (χ2n) is 4.50. The molecular weight excluding hydrogens is 244 g/mol. The summed E-state index contributed by atoms with van der Waals surface area (Å²) in [7, 11) is 1.74. The fraction of sp³-hybridized carbons (Fsp3) is 0.462. The van der Waals surface area contributed by atoms with Crippen LogP contribution in [0.4, 0.5) is 5.69 Å². The number of aromatic nitrogens is 1. The molecule has 1 fully saturated rings. The lowest BCUT2D eigenvalue weighted by Crippen LogP contribution is -2.50. The van der Waals surface area contributed by atoms with E-state index in [9.17, 15) is 9.59 Å². The first-order chi connectivity index (χ1) is 9.11. The molecule has 2 heterocycles. The first-order valence-corrected chi connectivity index (χ1v) is 6.35. The van der Waals surface area contributed by atoms with E-state index in [1.807, 2.05) is 13.0 Å². The largest absolute Gasteiger partial charge is 0.385 e. The Morgan fingerprint density at radius 2 is 2.26 bits per heavy atom. The quantitative estimate of drug-likeness (QED) is 0.858. The molecule has 1 aliphatic rings. The maximum atomic E-state index is 12.3. The molecule has 1 aromatic rings. The number of hydrogen-bond donors (Lipinski definition) is 1. The number of carbonyl (C=O) groups excluding carboxylic acids is 2. The third kappa shape index (κ3) is 3.01. The monoisotopic (exact) mass is 262 g/mol. The molecule has 0 unspecified atom stereocenters. The number of amides is 2. The number of carbonyl (C=O) groups is 2. The summed E-state index contributed by atoms with van der Waals surface area (Å²) in [6.07, 6.45) is 1.60. The number of anilines is 1. The highest BCUT2D eigenvalue weighted by Crippen LogP contribution is 2.11. The van der Waals surface area contributed by atoms with Crippen LogP contribution in [0.5, 0.6) is 0 Å². The number of nitrogens with zero attached hydrogens (tertiary/aromatic N) is 3. The van der Waals surface area contributed by atoms with Crippen molar-refractivity contribution in [3.8, 4) is 0 Å². The summed E-state index contributed by atoms with van der Waals surface area (Å²) in [5.74, 6) is -0.233. The zero-order valence-electron chi connectivity index (χ0n) is 11.2. The minimum Gasteiger partial charge on any atom is -0.385 e. The van der Waals surface area contributed by atoms with Crippen LogP contribution < -0.4 is 5.32 Å². The van der Waals surface area contributed by atoms with E-state index in [1.165, 1.54) is 0 Å². The summed E-state index contributed by atoms with van der Waals surface area (Å²) in [5.41, 5.74) is 1.23. The molecule has 1 aromatic heterocycles. The molecule has 0 radical (unpaired) electrons. The Kier molecular flexibility index (Phi) is 3.99. The van der Waals surface area contributed by atoms with E-state index in [0.29, 0.717) is 18.8 Å². The van der Waals surface area contributed by atoms with Gasteiger partial charge in [-0.2, -0.15) is 0 Å². The molecule has 102 valence electrons. The second-order valence-corrected chi connectivity index (χ2v) is 4.50. The van der Waals surface area contributed by atoms with E-state index in [0.717, 1.165) is 12.2 Å². The first-order valence-electron chi connectivity index (χ1n) is 6.35. The Balaban J connectivity index is 2.11. The van der Waals surface area contributed by atoms with E-state index < -0.39 is 0 Å². The van der Waals surface area contributed by atoms with Gasteiger partial charge in [0.2, 0.25) is 5.91 Å². The third-order valence-corrected chi connectivity index (χ3v) is 3.10. The molecule has 2 amide bonds. The summed E-state index contributed by atoms with van der Waals surface area (Å²) in [5, 5.41) is 3.14. The molecule has 0 aromatic carbocycles. The molecular formula is C13H18N4O2. The Morgan fingerprint density at radius 3 is 2.95 bits per heavy atom. The van der Waals surface area contributed by atoms with Crippen LogP contribution in [0.2, 0.25) is 0 Å². The van der Waals surface area contributed by atoms with Crippen molar-refractivity contribution in [2.45, 2.75) is 6.92 Å². The molecule has 6 nitrogen and oxygen atoms in total. The maximum Gasteiger partial charge on any atom is 0.273 e. The molecule has 0 spiro atoms. The van der Waals surface area contributed by atoms with Crippen LogP contribution in [-0.2, 0) is 4.79 Å². The normalized spacial score (nSPS) is 15.6. The van der Waals surface area contributed by atoms with Crippen molar-refractivity contribution in [3.63, 3.8) is 0 Å². The lowest BCUT2D eigenvalue weighted by atomic mass is 10.2. The third-order valence-electron chi connectivity index (χ3n) is 3.10. The highest BCUT2D eigenvalue weighted by molar-refractivity contribution is 5.96. The predicted octanol–water partition coefficient (Wildman–Crippen LogP) is 0.428. The van der Waals surface area contributed by atoms with Gasteiger partial charge in [0.05, 0.1) is 0 Å². The van der Waals surface area contributed by atoms with Crippen LogP contribution in [-0.4, -0.2) is 59.8 Å². The van der Waals surface area contributed by atoms with Gasteiger partial charge in [0.1, 0.15) is 12.2 Å². The van der Waals surface area contributed by atoms with Crippen molar-refractivity contribution in [1.82, 2.24) is 14.8 Å². The van der Waals surface area contributed by atoms with Crippen molar-refractivity contribution < 1.29 is 9.59 Å². The number of rotatable bonds is 3. The molecule has 0 bridgehead atoms. The lowest BCUT2D eigenvalue weighted by molar-refractivity contribution is -0.133. The molecule has 6 heteroatoms. The zero-order valence-corrected chi connectivity index (χ0v) is 11.2. The SMILES string of the molecule is CCNc1ccnc(C(=O)N2CCN(C)C(=O)C2)c1. The van der Waals surface area contributed by atoms with Crippen molar-refractivity contribution in [1.29, 1.82) is 0 Å². The van der Waals surface area contributed by atoms with Crippen molar-refractivity contribution >= 4 is 17.5 Å². The van der Waals surface area contributed by atoms with E-state index in [4.69, 9.17) is 0 Å². The molecule has 0 atom stereocenters. The smallest absolute Gasteiger partial charge is 0.273 e. The second kappa shape index (κ2) is 5.69. The summed E-state index contributed by atoms with van der Waals surface area (Å²) < 4.78 is 0. The van der Waals surface area contributed by atoms with Crippen LogP contribution in [0.3, 0.4) is 0 Å². The maximum absolute atomic E-state index is 12.3. The fourth-order valence-corrected chi connectivity index (χ4v) is 1.96. The molecule has 1 N–H and O–H groups in total. The standard InChI is InChI=1S/C13H18N4O2/c1-3-14-10-4-5-15-11(8-10)13(19)17-7-6-16(2)12(18)9-17/h4-5,8H,3,6-7,9H2,1-2H3,(H,14,15). The van der Waals surface area contributed by atoms with Gasteiger partial charge < -0.3 is 15.1 Å². The highest BCUT2D eigenvalue weighted by atomic mass is 16.2. The van der Waals surface area contributed by atoms with Gasteiger partial charge in [-0.05, 0) is 19.1 Å². The number of hydrogen-bond acceptors (Lipinski definition) is 4. The van der Waals surface area contributed by atoms with Gasteiger partial charge in [-0.1, -0.05) is 0 Å². The van der Waals surface area contributed by atoms with Crippen LogP contribution >= 0.6 is 0 Å². The van der Waals surface area contributed by atoms with Crippen molar-refractivity contribution in [2.75, 3.05) is 38.5 Å². The predicted molar refractivity (Wildman–Crippen MR) is 71.9 cm³/mol. The zero-order chi connectivity index (χ0) is 13.8. The minimum atomic E-state index is -0.193. The number of likely N-dealkylation sites (N-methyl/N-ethyl adjacent to an activating group) is 1. The van der Waals surface area contributed by atoms with E-state index in [-0.39, 0.29) is 18.4 Å². The average Bonchev–Trinajstić information content (AvgIpc) is 2.42. The van der Waals surface area contributed by atoms with Crippen LogP contribution in [0.25, 0.3) is 0 Å². The average molecular weight is 262 g/mol. The van der Waals surface area contributed by atoms with E-state index >= 15 is 0 Å². The Labute approximate surface area is 112 Å². The molecule has 2 rings (SSSR count). The van der Waals surface area contributed by atoms with Gasteiger partial charge >= 0.3 is 0 Å². The number of piperazine rings is 1. The minimum absolute atomic E-state index is 0.0394. The van der Waals surface area contributed by atoms with Gasteiger partial charge in [-0.25, -0.2) is 0 Å². The fourth-order valence-electron chi connectivity index (χ4n) is 1.96. The van der Waals surface area contributed by atoms with Gasteiger partial charge in [0.15, 0.2) is 0 Å². The summed E-state index contributed by atoms with van der Waals surface area (Å²) in [4.78, 5) is 31.1. The number of nitrogens with one attached hydrogen (secondary N) is 1. The van der Waals surface area contributed by atoms with Crippen molar-refractivity contribution in [2.24, 2.45) is 0 Å². The van der Waals surface area contributed by atoms with E-state index in [1.54, 1.807) is 29.1 Å². The molecule has 1 aliphatic heterocycles. The van der Waals surface area contributed by atoms with Gasteiger partial charge in [0, 0.05) is 38.6 Å². The van der Waals surface area contributed by atoms with Gasteiger partial charge in [-0.3, -0.25) is 14.6 Å². The first kappa shape index (κ1) is 13.3. The Hall–Kier alpha value is -2.11. The highest BCUT2D eigenvalue weighted by Gasteiger charge is 2.26.